The number of aromatic nitrogens is 1. The van der Waals surface area contributed by atoms with E-state index in [2.05, 4.69) is 29.4 Å². The number of benzene rings is 2. The Labute approximate surface area is 117 Å². The molecule has 2 aromatic carbocycles. The molecule has 2 N–H and O–H groups in total. The van der Waals surface area contributed by atoms with Gasteiger partial charge in [-0.2, -0.15) is 0 Å². The summed E-state index contributed by atoms with van der Waals surface area (Å²) in [5, 5.41) is 13.9. The standard InChI is InChI=1S/C17H16N2O/c1-12(13-6-8-16(20)9-7-13)19-15-10-14-4-2-3-5-17(14)18-11-15/h2-12,19-20H,1H3. The molecule has 3 nitrogen and oxygen atoms in total. The van der Waals surface area contributed by atoms with Crippen molar-refractivity contribution in [1.29, 1.82) is 0 Å². The molecule has 3 heteroatoms. The third kappa shape index (κ3) is 2.57. The summed E-state index contributed by atoms with van der Waals surface area (Å²) in [6.45, 7) is 2.08. The van der Waals surface area contributed by atoms with Crippen LogP contribution in [0.15, 0.2) is 60.8 Å². The number of para-hydroxylation sites is 1. The van der Waals surface area contributed by atoms with E-state index in [9.17, 15) is 5.11 Å². The van der Waals surface area contributed by atoms with Crippen LogP contribution in [0.2, 0.25) is 0 Å². The largest absolute Gasteiger partial charge is 0.508 e. The fourth-order valence-electron chi connectivity index (χ4n) is 2.25. The van der Waals surface area contributed by atoms with Crippen LogP contribution in [0, 0.1) is 0 Å². The van der Waals surface area contributed by atoms with Crippen molar-refractivity contribution in [3.63, 3.8) is 0 Å². The second-order valence-electron chi connectivity index (χ2n) is 4.87. The van der Waals surface area contributed by atoms with Gasteiger partial charge in [0.25, 0.3) is 0 Å². The monoisotopic (exact) mass is 264 g/mol. The summed E-state index contributed by atoms with van der Waals surface area (Å²) in [5.41, 5.74) is 3.11. The molecule has 0 fully saturated rings. The second kappa shape index (κ2) is 5.21. The minimum Gasteiger partial charge on any atom is -0.508 e. The Kier molecular flexibility index (Phi) is 3.25. The molecule has 0 aliphatic heterocycles. The summed E-state index contributed by atoms with van der Waals surface area (Å²) in [4.78, 5) is 4.44. The van der Waals surface area contributed by atoms with Gasteiger partial charge in [-0.15, -0.1) is 0 Å². The van der Waals surface area contributed by atoms with Crippen molar-refractivity contribution in [1.82, 2.24) is 4.98 Å². The Bertz CT molecular complexity index is 722. The summed E-state index contributed by atoms with van der Waals surface area (Å²) in [6.07, 6.45) is 1.85. The first kappa shape index (κ1) is 12.5. The first-order valence-electron chi connectivity index (χ1n) is 6.62. The number of hydrogen-bond donors (Lipinski definition) is 2. The maximum atomic E-state index is 9.32. The lowest BCUT2D eigenvalue weighted by atomic mass is 10.1. The van der Waals surface area contributed by atoms with E-state index in [0.717, 1.165) is 22.2 Å². The molecule has 0 spiro atoms. The number of pyridine rings is 1. The van der Waals surface area contributed by atoms with Crippen molar-refractivity contribution in [3.05, 3.63) is 66.4 Å². The zero-order chi connectivity index (χ0) is 13.9. The minimum atomic E-state index is 0.151. The average molecular weight is 264 g/mol. The van der Waals surface area contributed by atoms with Gasteiger partial charge in [-0.3, -0.25) is 4.98 Å². The Morgan fingerprint density at radius 2 is 1.80 bits per heavy atom. The summed E-state index contributed by atoms with van der Waals surface area (Å²) >= 11 is 0. The maximum absolute atomic E-state index is 9.32. The van der Waals surface area contributed by atoms with E-state index in [1.165, 1.54) is 0 Å². The Hall–Kier alpha value is -2.55. The highest BCUT2D eigenvalue weighted by molar-refractivity contribution is 5.81. The highest BCUT2D eigenvalue weighted by Gasteiger charge is 2.06. The number of phenols is 1. The molecule has 1 heterocycles. The molecular weight excluding hydrogens is 248 g/mol. The van der Waals surface area contributed by atoms with Gasteiger partial charge < -0.3 is 10.4 Å². The van der Waals surface area contributed by atoms with E-state index in [4.69, 9.17) is 0 Å². The summed E-state index contributed by atoms with van der Waals surface area (Å²) < 4.78 is 0. The molecule has 3 rings (SSSR count). The fourth-order valence-corrected chi connectivity index (χ4v) is 2.25. The SMILES string of the molecule is CC(Nc1cnc2ccccc2c1)c1ccc(O)cc1. The number of nitrogens with one attached hydrogen (secondary N) is 1. The molecule has 1 atom stereocenters. The molecule has 100 valence electrons. The summed E-state index contributed by atoms with van der Waals surface area (Å²) in [6, 6.07) is 17.5. The van der Waals surface area contributed by atoms with E-state index in [-0.39, 0.29) is 11.8 Å². The molecule has 20 heavy (non-hydrogen) atoms. The van der Waals surface area contributed by atoms with Crippen molar-refractivity contribution in [3.8, 4) is 5.75 Å². The Morgan fingerprint density at radius 1 is 1.05 bits per heavy atom. The highest BCUT2D eigenvalue weighted by atomic mass is 16.3. The number of nitrogens with zero attached hydrogens (tertiary/aromatic N) is 1. The van der Waals surface area contributed by atoms with E-state index in [1.807, 2.05) is 36.5 Å². The molecule has 0 aliphatic rings. The fraction of sp³-hybridized carbons (Fsp3) is 0.118. The van der Waals surface area contributed by atoms with Crippen LogP contribution in [-0.2, 0) is 0 Å². The molecule has 0 amide bonds. The quantitative estimate of drug-likeness (QED) is 0.748. The summed E-state index contributed by atoms with van der Waals surface area (Å²) in [7, 11) is 0. The van der Waals surface area contributed by atoms with Gasteiger partial charge in [0, 0.05) is 11.4 Å². The van der Waals surface area contributed by atoms with Gasteiger partial charge in [0.15, 0.2) is 0 Å². The summed E-state index contributed by atoms with van der Waals surface area (Å²) in [5.74, 6) is 0.285. The topological polar surface area (TPSA) is 45.2 Å². The normalized spacial score (nSPS) is 12.2. The van der Waals surface area contributed by atoms with Gasteiger partial charge >= 0.3 is 0 Å². The Balaban J connectivity index is 1.83. The van der Waals surface area contributed by atoms with Crippen LogP contribution < -0.4 is 5.32 Å². The van der Waals surface area contributed by atoms with Crippen molar-refractivity contribution in [2.24, 2.45) is 0 Å². The van der Waals surface area contributed by atoms with Crippen LogP contribution in [0.4, 0.5) is 5.69 Å². The smallest absolute Gasteiger partial charge is 0.115 e. The number of anilines is 1. The van der Waals surface area contributed by atoms with Crippen LogP contribution in [0.3, 0.4) is 0 Å². The molecule has 0 aliphatic carbocycles. The predicted octanol–water partition coefficient (Wildman–Crippen LogP) is 4.11. The van der Waals surface area contributed by atoms with Crippen LogP contribution in [-0.4, -0.2) is 10.1 Å². The van der Waals surface area contributed by atoms with Crippen molar-refractivity contribution in [2.75, 3.05) is 5.32 Å². The van der Waals surface area contributed by atoms with Crippen LogP contribution in [0.25, 0.3) is 10.9 Å². The molecular formula is C17H16N2O. The molecule has 0 bridgehead atoms. The highest BCUT2D eigenvalue weighted by Crippen LogP contribution is 2.23. The molecule has 0 radical (unpaired) electrons. The van der Waals surface area contributed by atoms with Crippen LogP contribution in [0.5, 0.6) is 5.75 Å². The van der Waals surface area contributed by atoms with Gasteiger partial charge in [0.05, 0.1) is 17.4 Å². The molecule has 0 saturated carbocycles. The van der Waals surface area contributed by atoms with Crippen molar-refractivity contribution in [2.45, 2.75) is 13.0 Å². The minimum absolute atomic E-state index is 0.151. The first-order chi connectivity index (χ1) is 9.72. The zero-order valence-electron chi connectivity index (χ0n) is 11.2. The first-order valence-corrected chi connectivity index (χ1v) is 6.62. The number of aromatic hydroxyl groups is 1. The van der Waals surface area contributed by atoms with Gasteiger partial charge in [0.1, 0.15) is 5.75 Å². The second-order valence-corrected chi connectivity index (χ2v) is 4.87. The van der Waals surface area contributed by atoms with Gasteiger partial charge in [0.2, 0.25) is 0 Å². The molecule has 1 unspecified atom stereocenters. The van der Waals surface area contributed by atoms with Crippen LogP contribution in [0.1, 0.15) is 18.5 Å². The predicted molar refractivity (Wildman–Crippen MR) is 81.9 cm³/mol. The Morgan fingerprint density at radius 3 is 2.60 bits per heavy atom. The third-order valence-electron chi connectivity index (χ3n) is 3.37. The number of phenolic OH excluding ortho intramolecular Hbond substituents is 1. The van der Waals surface area contributed by atoms with Crippen molar-refractivity contribution >= 4 is 16.6 Å². The maximum Gasteiger partial charge on any atom is 0.115 e. The van der Waals surface area contributed by atoms with Gasteiger partial charge in [-0.1, -0.05) is 30.3 Å². The lowest BCUT2D eigenvalue weighted by Crippen LogP contribution is -2.06. The number of hydrogen-bond acceptors (Lipinski definition) is 3. The molecule has 0 saturated heterocycles. The average Bonchev–Trinajstić information content (AvgIpc) is 2.48. The van der Waals surface area contributed by atoms with E-state index in [1.54, 1.807) is 12.1 Å². The number of rotatable bonds is 3. The third-order valence-corrected chi connectivity index (χ3v) is 3.37. The lowest BCUT2D eigenvalue weighted by Gasteiger charge is -2.16. The zero-order valence-corrected chi connectivity index (χ0v) is 11.2. The van der Waals surface area contributed by atoms with E-state index >= 15 is 0 Å². The lowest BCUT2D eigenvalue weighted by molar-refractivity contribution is 0.475. The van der Waals surface area contributed by atoms with Gasteiger partial charge in [-0.25, -0.2) is 0 Å². The van der Waals surface area contributed by atoms with Gasteiger partial charge in [-0.05, 0) is 36.8 Å². The molecule has 3 aromatic rings. The molecule has 1 aromatic heterocycles. The van der Waals surface area contributed by atoms with E-state index < -0.39 is 0 Å². The van der Waals surface area contributed by atoms with Crippen LogP contribution >= 0.6 is 0 Å². The number of fused-ring (bicyclic) bond motifs is 1. The van der Waals surface area contributed by atoms with Crippen molar-refractivity contribution < 1.29 is 5.11 Å². The van der Waals surface area contributed by atoms with E-state index in [0.29, 0.717) is 0 Å².